The van der Waals surface area contributed by atoms with Gasteiger partial charge in [-0.1, -0.05) is 12.5 Å². The van der Waals surface area contributed by atoms with Crippen molar-refractivity contribution in [3.63, 3.8) is 0 Å². The Morgan fingerprint density at radius 1 is 1.32 bits per heavy atom. The molecule has 1 fully saturated rings. The number of amides is 1. The molecule has 1 amide bonds. The lowest BCUT2D eigenvalue weighted by molar-refractivity contribution is -0.127. The van der Waals surface area contributed by atoms with Crippen LogP contribution >= 0.6 is 12.4 Å². The van der Waals surface area contributed by atoms with E-state index in [1.807, 2.05) is 0 Å². The van der Waals surface area contributed by atoms with E-state index in [-0.39, 0.29) is 30.2 Å². The van der Waals surface area contributed by atoms with Crippen molar-refractivity contribution < 1.29 is 13.6 Å². The Bertz CT molecular complexity index is 537. The van der Waals surface area contributed by atoms with Crippen molar-refractivity contribution in [1.82, 2.24) is 5.32 Å². The average molecular weight is 333 g/mol. The van der Waals surface area contributed by atoms with Crippen molar-refractivity contribution in [2.24, 2.45) is 17.6 Å². The normalized spacial score (nSPS) is 21.3. The minimum atomic E-state index is -0.907. The molecular formula is C16H23ClF2N2O. The maximum absolute atomic E-state index is 13.4. The molecule has 1 aliphatic carbocycles. The second-order valence-corrected chi connectivity index (χ2v) is 6.28. The van der Waals surface area contributed by atoms with Gasteiger partial charge in [0, 0.05) is 5.92 Å². The van der Waals surface area contributed by atoms with Gasteiger partial charge in [-0.05, 0) is 56.8 Å². The van der Waals surface area contributed by atoms with E-state index in [2.05, 4.69) is 5.32 Å². The molecule has 0 aliphatic heterocycles. The fraction of sp³-hybridized carbons (Fsp3) is 0.562. The summed E-state index contributed by atoms with van der Waals surface area (Å²) in [6, 6.07) is 3.70. The number of rotatable bonds is 4. The van der Waals surface area contributed by atoms with Gasteiger partial charge in [0.15, 0.2) is 11.6 Å². The van der Waals surface area contributed by atoms with Crippen LogP contribution in [-0.2, 0) is 10.3 Å². The highest BCUT2D eigenvalue weighted by atomic mass is 35.5. The molecule has 0 unspecified atom stereocenters. The van der Waals surface area contributed by atoms with E-state index >= 15 is 0 Å². The van der Waals surface area contributed by atoms with E-state index in [1.54, 1.807) is 13.8 Å². The van der Waals surface area contributed by atoms with Crippen LogP contribution in [0.25, 0.3) is 0 Å². The number of hydrogen-bond donors (Lipinski definition) is 2. The molecule has 2 rings (SSSR count). The zero-order valence-corrected chi connectivity index (χ0v) is 13.7. The SMILES string of the molecule is CC(C)(NC(=O)[C@@H]1CCC[C@@H]1CN)c1ccc(F)c(F)c1.Cl. The van der Waals surface area contributed by atoms with Crippen LogP contribution in [0.2, 0.25) is 0 Å². The predicted octanol–water partition coefficient (Wildman–Crippen LogP) is 3.11. The molecular weight excluding hydrogens is 310 g/mol. The van der Waals surface area contributed by atoms with Gasteiger partial charge in [0.25, 0.3) is 0 Å². The monoisotopic (exact) mass is 332 g/mol. The Kier molecular flexibility index (Phi) is 6.32. The van der Waals surface area contributed by atoms with Gasteiger partial charge in [-0.2, -0.15) is 0 Å². The minimum Gasteiger partial charge on any atom is -0.347 e. The highest BCUT2D eigenvalue weighted by Crippen LogP contribution is 2.32. The average Bonchev–Trinajstić information content (AvgIpc) is 2.89. The molecule has 6 heteroatoms. The van der Waals surface area contributed by atoms with Crippen LogP contribution in [0, 0.1) is 23.5 Å². The van der Waals surface area contributed by atoms with Crippen LogP contribution < -0.4 is 11.1 Å². The Morgan fingerprint density at radius 3 is 2.59 bits per heavy atom. The molecule has 1 aliphatic rings. The largest absolute Gasteiger partial charge is 0.347 e. The smallest absolute Gasteiger partial charge is 0.224 e. The summed E-state index contributed by atoms with van der Waals surface area (Å²) in [6.45, 7) is 4.07. The molecule has 0 spiro atoms. The quantitative estimate of drug-likeness (QED) is 0.890. The molecule has 124 valence electrons. The predicted molar refractivity (Wildman–Crippen MR) is 84.7 cm³/mol. The first-order chi connectivity index (χ1) is 9.85. The fourth-order valence-corrected chi connectivity index (χ4v) is 3.02. The third-order valence-corrected chi connectivity index (χ3v) is 4.38. The van der Waals surface area contributed by atoms with Gasteiger partial charge in [-0.25, -0.2) is 8.78 Å². The number of benzene rings is 1. The summed E-state index contributed by atoms with van der Waals surface area (Å²) < 4.78 is 26.4. The summed E-state index contributed by atoms with van der Waals surface area (Å²) in [6.07, 6.45) is 2.81. The first-order valence-electron chi connectivity index (χ1n) is 7.33. The summed E-state index contributed by atoms with van der Waals surface area (Å²) in [4.78, 5) is 12.4. The lowest BCUT2D eigenvalue weighted by Gasteiger charge is -2.30. The van der Waals surface area contributed by atoms with Crippen LogP contribution in [0.5, 0.6) is 0 Å². The van der Waals surface area contributed by atoms with Gasteiger partial charge < -0.3 is 11.1 Å². The van der Waals surface area contributed by atoms with Crippen molar-refractivity contribution in [2.45, 2.75) is 38.6 Å². The van der Waals surface area contributed by atoms with E-state index < -0.39 is 17.2 Å². The maximum Gasteiger partial charge on any atom is 0.224 e. The second kappa shape index (κ2) is 7.38. The van der Waals surface area contributed by atoms with E-state index in [1.165, 1.54) is 6.07 Å². The zero-order valence-electron chi connectivity index (χ0n) is 12.9. The standard InChI is InChI=1S/C16H22F2N2O.ClH/c1-16(2,11-6-7-13(17)14(18)8-11)20-15(21)12-5-3-4-10(12)9-19;/h6-8,10,12H,3-5,9,19H2,1-2H3,(H,20,21);1H/t10-,12-;/m1./s1. The molecule has 1 aromatic rings. The lowest BCUT2D eigenvalue weighted by atomic mass is 9.90. The molecule has 3 N–H and O–H groups in total. The second-order valence-electron chi connectivity index (χ2n) is 6.28. The molecule has 22 heavy (non-hydrogen) atoms. The molecule has 3 nitrogen and oxygen atoms in total. The maximum atomic E-state index is 13.4. The number of halogens is 3. The van der Waals surface area contributed by atoms with Crippen molar-refractivity contribution in [2.75, 3.05) is 6.54 Å². The molecule has 0 bridgehead atoms. The van der Waals surface area contributed by atoms with Crippen LogP contribution in [0.3, 0.4) is 0 Å². The van der Waals surface area contributed by atoms with Gasteiger partial charge in [0.2, 0.25) is 5.91 Å². The number of carbonyl (C=O) groups excluding carboxylic acids is 1. The Balaban J connectivity index is 0.00000242. The van der Waals surface area contributed by atoms with Crippen molar-refractivity contribution >= 4 is 18.3 Å². The van der Waals surface area contributed by atoms with Crippen molar-refractivity contribution in [1.29, 1.82) is 0 Å². The molecule has 1 aromatic carbocycles. The Labute approximate surface area is 136 Å². The highest BCUT2D eigenvalue weighted by molar-refractivity contribution is 5.85. The van der Waals surface area contributed by atoms with E-state index in [9.17, 15) is 13.6 Å². The Morgan fingerprint density at radius 2 is 2.00 bits per heavy atom. The number of hydrogen-bond acceptors (Lipinski definition) is 2. The minimum absolute atomic E-state index is 0. The van der Waals surface area contributed by atoms with E-state index in [0.29, 0.717) is 12.1 Å². The molecule has 0 saturated heterocycles. The molecule has 0 heterocycles. The summed E-state index contributed by atoms with van der Waals surface area (Å²) in [5, 5.41) is 2.94. The van der Waals surface area contributed by atoms with Crippen LogP contribution in [0.15, 0.2) is 18.2 Å². The zero-order chi connectivity index (χ0) is 15.6. The van der Waals surface area contributed by atoms with Crippen molar-refractivity contribution in [3.05, 3.63) is 35.4 Å². The molecule has 0 radical (unpaired) electrons. The summed E-state index contributed by atoms with van der Waals surface area (Å²) in [5.74, 6) is -1.72. The van der Waals surface area contributed by atoms with Gasteiger partial charge >= 0.3 is 0 Å². The number of carbonyl (C=O) groups is 1. The van der Waals surface area contributed by atoms with Gasteiger partial charge in [0.05, 0.1) is 5.54 Å². The van der Waals surface area contributed by atoms with E-state index in [0.717, 1.165) is 31.4 Å². The summed E-state index contributed by atoms with van der Waals surface area (Å²) in [7, 11) is 0. The topological polar surface area (TPSA) is 55.1 Å². The first-order valence-corrected chi connectivity index (χ1v) is 7.33. The fourth-order valence-electron chi connectivity index (χ4n) is 3.02. The summed E-state index contributed by atoms with van der Waals surface area (Å²) in [5.41, 5.74) is 5.48. The lowest BCUT2D eigenvalue weighted by Crippen LogP contribution is -2.45. The first kappa shape index (κ1) is 18.8. The highest BCUT2D eigenvalue weighted by Gasteiger charge is 2.35. The molecule has 2 atom stereocenters. The van der Waals surface area contributed by atoms with Crippen LogP contribution in [0.1, 0.15) is 38.7 Å². The molecule has 1 saturated carbocycles. The van der Waals surface area contributed by atoms with Gasteiger partial charge in [0.1, 0.15) is 0 Å². The van der Waals surface area contributed by atoms with Crippen LogP contribution in [0.4, 0.5) is 8.78 Å². The third-order valence-electron chi connectivity index (χ3n) is 4.38. The Hall–Kier alpha value is -1.20. The van der Waals surface area contributed by atoms with Crippen LogP contribution in [-0.4, -0.2) is 12.5 Å². The van der Waals surface area contributed by atoms with Gasteiger partial charge in [-0.15, -0.1) is 12.4 Å². The number of nitrogens with two attached hydrogens (primary N) is 1. The van der Waals surface area contributed by atoms with E-state index in [4.69, 9.17) is 5.73 Å². The molecule has 0 aromatic heterocycles. The number of nitrogens with one attached hydrogen (secondary N) is 1. The summed E-state index contributed by atoms with van der Waals surface area (Å²) >= 11 is 0. The van der Waals surface area contributed by atoms with Gasteiger partial charge in [-0.3, -0.25) is 4.79 Å². The third kappa shape index (κ3) is 3.96. The van der Waals surface area contributed by atoms with Crippen molar-refractivity contribution in [3.8, 4) is 0 Å².